The number of rotatable bonds is 6. The second-order valence-corrected chi connectivity index (χ2v) is 5.19. The Hall–Kier alpha value is -1.55. The van der Waals surface area contributed by atoms with E-state index in [0.717, 1.165) is 18.5 Å². The Bertz CT molecular complexity index is 408. The van der Waals surface area contributed by atoms with Crippen molar-refractivity contribution in [3.63, 3.8) is 0 Å². The van der Waals surface area contributed by atoms with Crippen LogP contribution >= 0.6 is 0 Å². The van der Waals surface area contributed by atoms with Crippen LogP contribution in [0.25, 0.3) is 0 Å². The van der Waals surface area contributed by atoms with E-state index >= 15 is 0 Å². The molecule has 0 bridgehead atoms. The molecule has 0 aromatic heterocycles. The lowest BCUT2D eigenvalue weighted by molar-refractivity contribution is 0.0942. The molecule has 1 amide bonds. The van der Waals surface area contributed by atoms with Crippen molar-refractivity contribution in [2.75, 3.05) is 25.5 Å². The summed E-state index contributed by atoms with van der Waals surface area (Å²) in [5.41, 5.74) is 7.60. The highest BCUT2D eigenvalue weighted by molar-refractivity contribution is 5.94. The van der Waals surface area contributed by atoms with E-state index in [4.69, 9.17) is 5.73 Å². The van der Waals surface area contributed by atoms with Crippen LogP contribution in [0.15, 0.2) is 24.3 Å². The minimum absolute atomic E-state index is 0.0676. The minimum Gasteiger partial charge on any atom is -0.378 e. The molecule has 0 fully saturated rings. The molecule has 0 spiro atoms. The van der Waals surface area contributed by atoms with Crippen molar-refractivity contribution in [2.24, 2.45) is 5.73 Å². The molecule has 0 aliphatic carbocycles. The van der Waals surface area contributed by atoms with Gasteiger partial charge in [0.15, 0.2) is 0 Å². The first-order valence-electron chi connectivity index (χ1n) is 6.76. The highest BCUT2D eigenvalue weighted by Gasteiger charge is 2.21. The van der Waals surface area contributed by atoms with E-state index in [1.807, 2.05) is 57.1 Å². The molecule has 4 nitrogen and oxygen atoms in total. The zero-order valence-electron chi connectivity index (χ0n) is 12.4. The zero-order chi connectivity index (χ0) is 14.5. The summed E-state index contributed by atoms with van der Waals surface area (Å²) < 4.78 is 0. The zero-order valence-corrected chi connectivity index (χ0v) is 12.4. The first-order chi connectivity index (χ1) is 8.91. The smallest absolute Gasteiger partial charge is 0.251 e. The fraction of sp³-hybridized carbons (Fsp3) is 0.533. The van der Waals surface area contributed by atoms with Crippen molar-refractivity contribution in [2.45, 2.75) is 32.2 Å². The van der Waals surface area contributed by atoms with Gasteiger partial charge in [-0.15, -0.1) is 0 Å². The molecule has 0 radical (unpaired) electrons. The largest absolute Gasteiger partial charge is 0.378 e. The van der Waals surface area contributed by atoms with Crippen LogP contribution in [0.5, 0.6) is 0 Å². The van der Waals surface area contributed by atoms with Crippen LogP contribution in [0.4, 0.5) is 5.69 Å². The molecule has 0 aliphatic heterocycles. The van der Waals surface area contributed by atoms with E-state index in [-0.39, 0.29) is 11.4 Å². The molecule has 0 aliphatic rings. The number of nitrogens with two attached hydrogens (primary N) is 1. The summed E-state index contributed by atoms with van der Waals surface area (Å²) in [6.45, 7) is 4.59. The third kappa shape index (κ3) is 4.24. The van der Waals surface area contributed by atoms with Crippen LogP contribution in [-0.2, 0) is 0 Å². The van der Waals surface area contributed by atoms with Crippen LogP contribution in [-0.4, -0.2) is 32.1 Å². The quantitative estimate of drug-likeness (QED) is 0.825. The molecule has 19 heavy (non-hydrogen) atoms. The van der Waals surface area contributed by atoms with Gasteiger partial charge in [0.25, 0.3) is 5.91 Å². The third-order valence-corrected chi connectivity index (χ3v) is 3.66. The fourth-order valence-electron chi connectivity index (χ4n) is 1.77. The van der Waals surface area contributed by atoms with E-state index in [2.05, 4.69) is 5.32 Å². The van der Waals surface area contributed by atoms with Gasteiger partial charge in [-0.05, 0) is 37.1 Å². The molecular formula is C15H25N3O. The number of amides is 1. The second kappa shape index (κ2) is 6.57. The standard InChI is InChI=1S/C15H25N3O/c1-5-15(16,6-2)11-17-14(19)12-7-9-13(10-8-12)18(3)4/h7-10H,5-6,11,16H2,1-4H3,(H,17,19). The van der Waals surface area contributed by atoms with Crippen molar-refractivity contribution in [1.82, 2.24) is 5.32 Å². The summed E-state index contributed by atoms with van der Waals surface area (Å²) in [4.78, 5) is 14.0. The number of anilines is 1. The molecule has 0 atom stereocenters. The van der Waals surface area contributed by atoms with Crippen LogP contribution in [0, 0.1) is 0 Å². The maximum absolute atomic E-state index is 12.0. The van der Waals surface area contributed by atoms with Gasteiger partial charge in [0.05, 0.1) is 0 Å². The highest BCUT2D eigenvalue weighted by Crippen LogP contribution is 2.13. The van der Waals surface area contributed by atoms with Crippen LogP contribution in [0.3, 0.4) is 0 Å². The summed E-state index contributed by atoms with van der Waals surface area (Å²) in [5, 5.41) is 2.91. The van der Waals surface area contributed by atoms with E-state index in [0.29, 0.717) is 12.1 Å². The van der Waals surface area contributed by atoms with Crippen molar-refractivity contribution < 1.29 is 4.79 Å². The van der Waals surface area contributed by atoms with Gasteiger partial charge < -0.3 is 16.0 Å². The van der Waals surface area contributed by atoms with Crippen LogP contribution in [0.2, 0.25) is 0 Å². The van der Waals surface area contributed by atoms with E-state index in [1.165, 1.54) is 0 Å². The molecule has 4 heteroatoms. The number of benzene rings is 1. The number of hydrogen-bond donors (Lipinski definition) is 2. The second-order valence-electron chi connectivity index (χ2n) is 5.19. The fourth-order valence-corrected chi connectivity index (χ4v) is 1.77. The molecule has 1 aromatic carbocycles. The van der Waals surface area contributed by atoms with Gasteiger partial charge in [0.1, 0.15) is 0 Å². The van der Waals surface area contributed by atoms with E-state index in [1.54, 1.807) is 0 Å². The Labute approximate surface area is 116 Å². The SMILES string of the molecule is CCC(N)(CC)CNC(=O)c1ccc(N(C)C)cc1. The third-order valence-electron chi connectivity index (χ3n) is 3.66. The predicted molar refractivity (Wildman–Crippen MR) is 80.6 cm³/mol. The van der Waals surface area contributed by atoms with Gasteiger partial charge in [-0.25, -0.2) is 0 Å². The summed E-state index contributed by atoms with van der Waals surface area (Å²) in [7, 11) is 3.95. The van der Waals surface area contributed by atoms with Crippen molar-refractivity contribution in [1.29, 1.82) is 0 Å². The molecule has 0 saturated heterocycles. The van der Waals surface area contributed by atoms with Gasteiger partial charge >= 0.3 is 0 Å². The average molecular weight is 263 g/mol. The lowest BCUT2D eigenvalue weighted by atomic mass is 9.94. The molecule has 1 rings (SSSR count). The molecule has 0 heterocycles. The monoisotopic (exact) mass is 263 g/mol. The average Bonchev–Trinajstić information content (AvgIpc) is 2.44. The van der Waals surface area contributed by atoms with Gasteiger partial charge in [0, 0.05) is 37.4 Å². The number of nitrogens with one attached hydrogen (secondary N) is 1. The lowest BCUT2D eigenvalue weighted by Gasteiger charge is -2.26. The van der Waals surface area contributed by atoms with Crippen molar-refractivity contribution >= 4 is 11.6 Å². The summed E-state index contributed by atoms with van der Waals surface area (Å²) in [6, 6.07) is 7.54. The van der Waals surface area contributed by atoms with Crippen LogP contribution in [0.1, 0.15) is 37.0 Å². The molecule has 106 valence electrons. The maximum atomic E-state index is 12.0. The Kier molecular flexibility index (Phi) is 5.36. The van der Waals surface area contributed by atoms with Crippen molar-refractivity contribution in [3.05, 3.63) is 29.8 Å². The Morgan fingerprint density at radius 1 is 1.21 bits per heavy atom. The summed E-state index contributed by atoms with van der Waals surface area (Å²) in [6.07, 6.45) is 1.70. The lowest BCUT2D eigenvalue weighted by Crippen LogP contribution is -2.49. The predicted octanol–water partition coefficient (Wildman–Crippen LogP) is 2.00. The number of carbonyl (C=O) groups excluding carboxylic acids is 1. The van der Waals surface area contributed by atoms with E-state index < -0.39 is 0 Å². The Balaban J connectivity index is 2.63. The molecule has 1 aromatic rings. The van der Waals surface area contributed by atoms with Crippen molar-refractivity contribution in [3.8, 4) is 0 Å². The summed E-state index contributed by atoms with van der Waals surface area (Å²) >= 11 is 0. The first-order valence-corrected chi connectivity index (χ1v) is 6.76. The first kappa shape index (κ1) is 15.5. The molecular weight excluding hydrogens is 238 g/mol. The molecule has 0 unspecified atom stereocenters. The Morgan fingerprint density at radius 2 is 1.74 bits per heavy atom. The number of hydrogen-bond acceptors (Lipinski definition) is 3. The van der Waals surface area contributed by atoms with Gasteiger partial charge in [-0.3, -0.25) is 4.79 Å². The molecule has 3 N–H and O–H groups in total. The van der Waals surface area contributed by atoms with Crippen LogP contribution < -0.4 is 16.0 Å². The van der Waals surface area contributed by atoms with E-state index in [9.17, 15) is 4.79 Å². The highest BCUT2D eigenvalue weighted by atomic mass is 16.1. The number of nitrogens with zero attached hydrogens (tertiary/aromatic N) is 1. The topological polar surface area (TPSA) is 58.4 Å². The Morgan fingerprint density at radius 3 is 2.16 bits per heavy atom. The normalized spacial score (nSPS) is 11.2. The summed E-state index contributed by atoms with van der Waals surface area (Å²) in [5.74, 6) is -0.0676. The van der Waals surface area contributed by atoms with Gasteiger partial charge in [-0.2, -0.15) is 0 Å². The van der Waals surface area contributed by atoms with Gasteiger partial charge in [0.2, 0.25) is 0 Å². The maximum Gasteiger partial charge on any atom is 0.251 e. The minimum atomic E-state index is -0.306. The van der Waals surface area contributed by atoms with Gasteiger partial charge in [-0.1, -0.05) is 13.8 Å². The number of carbonyl (C=O) groups is 1. The molecule has 0 saturated carbocycles.